The van der Waals surface area contributed by atoms with E-state index in [2.05, 4.69) is 0 Å². The van der Waals surface area contributed by atoms with E-state index in [9.17, 15) is 17.1 Å². The standard InChI is InChI=1S/C14H13FN2O3S/c15-21(19,20)13-9-14(18)17(10-13)12-5-3-4-11(8-12)16-6-1-2-7-16/h1-8,13H,9-10H2. The average molecular weight is 308 g/mol. The van der Waals surface area contributed by atoms with Crippen LogP contribution in [0.3, 0.4) is 0 Å². The van der Waals surface area contributed by atoms with Gasteiger partial charge in [-0.05, 0) is 30.3 Å². The van der Waals surface area contributed by atoms with Crippen molar-refractivity contribution in [1.29, 1.82) is 0 Å². The van der Waals surface area contributed by atoms with Gasteiger partial charge in [0.25, 0.3) is 0 Å². The van der Waals surface area contributed by atoms with Gasteiger partial charge in [-0.2, -0.15) is 8.42 Å². The minimum absolute atomic E-state index is 0.146. The molecule has 2 aromatic rings. The summed E-state index contributed by atoms with van der Waals surface area (Å²) < 4.78 is 36.8. The molecule has 1 unspecified atom stereocenters. The van der Waals surface area contributed by atoms with Crippen LogP contribution in [0.5, 0.6) is 0 Å². The molecule has 1 amide bonds. The first-order valence-electron chi connectivity index (χ1n) is 6.42. The van der Waals surface area contributed by atoms with Crippen molar-refractivity contribution in [3.05, 3.63) is 48.8 Å². The SMILES string of the molecule is O=C1CC(S(=O)(=O)F)CN1c1cccc(-n2cccc2)c1. The van der Waals surface area contributed by atoms with Crippen molar-refractivity contribution < 1.29 is 17.1 Å². The van der Waals surface area contributed by atoms with Gasteiger partial charge in [0.05, 0.1) is 0 Å². The molecule has 1 aromatic heterocycles. The summed E-state index contributed by atoms with van der Waals surface area (Å²) in [6, 6.07) is 10.9. The van der Waals surface area contributed by atoms with Crippen LogP contribution < -0.4 is 4.90 Å². The molecular weight excluding hydrogens is 295 g/mol. The highest BCUT2D eigenvalue weighted by Gasteiger charge is 2.39. The number of carbonyl (C=O) groups is 1. The second-order valence-electron chi connectivity index (χ2n) is 4.92. The molecule has 0 bridgehead atoms. The number of carbonyl (C=O) groups excluding carboxylic acids is 1. The predicted molar refractivity (Wildman–Crippen MR) is 76.6 cm³/mol. The van der Waals surface area contributed by atoms with Crippen LogP contribution in [0.25, 0.3) is 5.69 Å². The van der Waals surface area contributed by atoms with Gasteiger partial charge in [0.1, 0.15) is 5.25 Å². The van der Waals surface area contributed by atoms with E-state index in [0.717, 1.165) is 5.69 Å². The fourth-order valence-corrected chi connectivity index (χ4v) is 3.11. The third-order valence-electron chi connectivity index (χ3n) is 3.53. The van der Waals surface area contributed by atoms with Gasteiger partial charge in [-0.25, -0.2) is 0 Å². The molecule has 1 aromatic carbocycles. The lowest BCUT2D eigenvalue weighted by atomic mass is 10.2. The number of benzene rings is 1. The van der Waals surface area contributed by atoms with E-state index in [1.54, 1.807) is 18.2 Å². The third-order valence-corrected chi connectivity index (χ3v) is 4.64. The van der Waals surface area contributed by atoms with E-state index in [4.69, 9.17) is 0 Å². The van der Waals surface area contributed by atoms with Gasteiger partial charge in [0, 0.05) is 36.7 Å². The third kappa shape index (κ3) is 2.69. The number of aromatic nitrogens is 1. The molecule has 1 aliphatic rings. The minimum Gasteiger partial charge on any atom is -0.324 e. The Kier molecular flexibility index (Phi) is 3.29. The summed E-state index contributed by atoms with van der Waals surface area (Å²) in [5.41, 5.74) is 1.41. The highest BCUT2D eigenvalue weighted by molar-refractivity contribution is 7.87. The van der Waals surface area contributed by atoms with Gasteiger partial charge in [-0.3, -0.25) is 4.79 Å². The molecule has 2 heterocycles. The molecule has 0 spiro atoms. The van der Waals surface area contributed by atoms with Gasteiger partial charge in [0.2, 0.25) is 5.91 Å². The van der Waals surface area contributed by atoms with Crippen molar-refractivity contribution in [2.24, 2.45) is 0 Å². The Labute approximate surface area is 121 Å². The Morgan fingerprint density at radius 1 is 1.10 bits per heavy atom. The maximum Gasteiger partial charge on any atom is 0.307 e. The van der Waals surface area contributed by atoms with Crippen molar-refractivity contribution in [2.75, 3.05) is 11.4 Å². The topological polar surface area (TPSA) is 59.4 Å². The summed E-state index contributed by atoms with van der Waals surface area (Å²) >= 11 is 0. The predicted octanol–water partition coefficient (Wildman–Crippen LogP) is 1.88. The minimum atomic E-state index is -4.70. The van der Waals surface area contributed by atoms with E-state index in [1.807, 2.05) is 35.2 Å². The van der Waals surface area contributed by atoms with Crippen LogP contribution in [0.4, 0.5) is 9.57 Å². The summed E-state index contributed by atoms with van der Waals surface area (Å²) in [6.07, 6.45) is 3.41. The van der Waals surface area contributed by atoms with Crippen LogP contribution in [0.15, 0.2) is 48.8 Å². The van der Waals surface area contributed by atoms with Crippen LogP contribution in [0.2, 0.25) is 0 Å². The van der Waals surface area contributed by atoms with Crippen LogP contribution >= 0.6 is 0 Å². The van der Waals surface area contributed by atoms with Crippen molar-refractivity contribution >= 4 is 21.8 Å². The van der Waals surface area contributed by atoms with Gasteiger partial charge in [0.15, 0.2) is 0 Å². The smallest absolute Gasteiger partial charge is 0.307 e. The molecule has 110 valence electrons. The molecule has 3 rings (SSSR count). The summed E-state index contributed by atoms with van der Waals surface area (Å²) in [5, 5.41) is -1.28. The summed E-state index contributed by atoms with van der Waals surface area (Å²) in [6.45, 7) is -0.146. The van der Waals surface area contributed by atoms with Crippen molar-refractivity contribution in [3.8, 4) is 5.69 Å². The summed E-state index contributed by atoms with van der Waals surface area (Å²) in [4.78, 5) is 13.2. The fourth-order valence-electron chi connectivity index (χ4n) is 2.44. The van der Waals surface area contributed by atoms with Gasteiger partial charge in [-0.1, -0.05) is 6.07 Å². The number of halogens is 1. The molecule has 0 saturated carbocycles. The first-order chi connectivity index (χ1) is 9.95. The molecule has 1 saturated heterocycles. The number of hydrogen-bond donors (Lipinski definition) is 0. The van der Waals surface area contributed by atoms with Crippen molar-refractivity contribution in [3.63, 3.8) is 0 Å². The first kappa shape index (κ1) is 13.8. The molecule has 1 aliphatic heterocycles. The molecule has 21 heavy (non-hydrogen) atoms. The zero-order chi connectivity index (χ0) is 15.0. The quantitative estimate of drug-likeness (QED) is 0.814. The van der Waals surface area contributed by atoms with Gasteiger partial charge < -0.3 is 9.47 Å². The second kappa shape index (κ2) is 5.00. The normalized spacial score (nSPS) is 19.2. The Hall–Kier alpha value is -2.15. The largest absolute Gasteiger partial charge is 0.324 e. The maximum absolute atomic E-state index is 13.0. The van der Waals surface area contributed by atoms with Gasteiger partial charge >= 0.3 is 10.2 Å². The average Bonchev–Trinajstić information content (AvgIpc) is 3.07. The number of anilines is 1. The zero-order valence-corrected chi connectivity index (χ0v) is 11.8. The first-order valence-corrected chi connectivity index (χ1v) is 7.87. The van der Waals surface area contributed by atoms with E-state index in [0.29, 0.717) is 5.69 Å². The maximum atomic E-state index is 13.0. The summed E-state index contributed by atoms with van der Waals surface area (Å²) in [7, 11) is -4.70. The Morgan fingerprint density at radius 3 is 2.38 bits per heavy atom. The van der Waals surface area contributed by atoms with Crippen LogP contribution in [-0.4, -0.2) is 30.7 Å². The Morgan fingerprint density at radius 2 is 1.76 bits per heavy atom. The van der Waals surface area contributed by atoms with Crippen LogP contribution in [-0.2, 0) is 15.0 Å². The van der Waals surface area contributed by atoms with Crippen molar-refractivity contribution in [2.45, 2.75) is 11.7 Å². The van der Waals surface area contributed by atoms with E-state index in [-0.39, 0.29) is 18.9 Å². The number of nitrogens with zero attached hydrogens (tertiary/aromatic N) is 2. The van der Waals surface area contributed by atoms with E-state index in [1.165, 1.54) is 4.90 Å². The molecular formula is C14H13FN2O3S. The highest BCUT2D eigenvalue weighted by Crippen LogP contribution is 2.27. The molecule has 1 fully saturated rings. The Balaban J connectivity index is 1.91. The van der Waals surface area contributed by atoms with Crippen molar-refractivity contribution in [1.82, 2.24) is 4.57 Å². The monoisotopic (exact) mass is 308 g/mol. The summed E-state index contributed by atoms with van der Waals surface area (Å²) in [5.74, 6) is -0.383. The molecule has 0 radical (unpaired) electrons. The number of amides is 1. The lowest BCUT2D eigenvalue weighted by Crippen LogP contribution is -2.26. The van der Waals surface area contributed by atoms with E-state index < -0.39 is 15.5 Å². The highest BCUT2D eigenvalue weighted by atomic mass is 32.3. The second-order valence-corrected chi connectivity index (χ2v) is 6.53. The zero-order valence-electron chi connectivity index (χ0n) is 11.0. The number of hydrogen-bond acceptors (Lipinski definition) is 3. The van der Waals surface area contributed by atoms with E-state index >= 15 is 0 Å². The Bertz CT molecular complexity index is 771. The molecule has 7 heteroatoms. The lowest BCUT2D eigenvalue weighted by Gasteiger charge is -2.17. The molecule has 0 N–H and O–H groups in total. The van der Waals surface area contributed by atoms with Crippen LogP contribution in [0, 0.1) is 0 Å². The lowest BCUT2D eigenvalue weighted by molar-refractivity contribution is -0.117. The van der Waals surface area contributed by atoms with Gasteiger partial charge in [-0.15, -0.1) is 3.89 Å². The molecule has 5 nitrogen and oxygen atoms in total. The molecule has 1 atom stereocenters. The fraction of sp³-hybridized carbons (Fsp3) is 0.214. The number of rotatable bonds is 3. The van der Waals surface area contributed by atoms with Crippen LogP contribution in [0.1, 0.15) is 6.42 Å². The molecule has 0 aliphatic carbocycles.